The van der Waals surface area contributed by atoms with E-state index in [9.17, 15) is 38.9 Å². The van der Waals surface area contributed by atoms with Crippen molar-refractivity contribution in [1.29, 1.82) is 0 Å². The molecule has 1 saturated heterocycles. The van der Waals surface area contributed by atoms with Gasteiger partial charge < -0.3 is 59.1 Å². The number of carbonyl (C=O) groups is 3. The van der Waals surface area contributed by atoms with Crippen LogP contribution in [0.2, 0.25) is 0 Å². The lowest BCUT2D eigenvalue weighted by atomic mass is 9.95. The van der Waals surface area contributed by atoms with E-state index in [4.69, 9.17) is 32.9 Å². The highest BCUT2D eigenvalue weighted by atomic mass is 31.2. The summed E-state index contributed by atoms with van der Waals surface area (Å²) >= 11 is 0. The molecule has 592 valence electrons. The average molecular weight is 1440 g/mol. The minimum atomic E-state index is -5.38. The Morgan fingerprint density at radius 2 is 0.750 bits per heavy atom. The van der Waals surface area contributed by atoms with Gasteiger partial charge in [-0.3, -0.25) is 14.1 Å². The number of aliphatic hydroxyl groups excluding tert-OH is 1. The average Bonchev–Trinajstić information content (AvgIpc) is 0.781. The number of unbranched alkanes of at least 4 members (excludes halogenated alkanes) is 45. The SMILES string of the molecule is C=C(C[C@@H](CCCCCCCCCCC)OCCCCCCCCCC)N[C@H]1C(OC(=O)C[C@@H](CCCCCCCCCCC)OCCCCCCCCCC)[C@H](OP(=O)(O)O)C(CO)O[C@H]1OC[C@H](NC(=O)C[C@@H](CCCCCCCCCCC)OCCCCCCCCCC)C(=O)O. The zero-order valence-electron chi connectivity index (χ0n) is 65.5. The van der Waals surface area contributed by atoms with E-state index >= 15 is 0 Å². The number of carboxylic acids is 1. The van der Waals surface area contributed by atoms with Crippen LogP contribution >= 0.6 is 7.82 Å². The summed E-state index contributed by atoms with van der Waals surface area (Å²) in [7, 11) is -5.38. The molecule has 2 unspecified atom stereocenters. The van der Waals surface area contributed by atoms with Crippen LogP contribution < -0.4 is 10.6 Å². The summed E-state index contributed by atoms with van der Waals surface area (Å²) in [6.07, 6.45) is 53.2. The lowest BCUT2D eigenvalue weighted by Gasteiger charge is -2.46. The molecule has 0 spiro atoms. The van der Waals surface area contributed by atoms with E-state index in [1.807, 2.05) is 0 Å². The van der Waals surface area contributed by atoms with Crippen molar-refractivity contribution in [2.24, 2.45) is 0 Å². The lowest BCUT2D eigenvalue weighted by Crippen LogP contribution is -2.65. The number of phosphoric acid groups is 1. The lowest BCUT2D eigenvalue weighted by molar-refractivity contribution is -0.272. The second-order valence-corrected chi connectivity index (χ2v) is 30.9. The van der Waals surface area contributed by atoms with Gasteiger partial charge in [0.1, 0.15) is 18.2 Å². The maximum absolute atomic E-state index is 14.8. The van der Waals surface area contributed by atoms with Gasteiger partial charge in [0.2, 0.25) is 5.91 Å². The number of aliphatic hydroxyl groups is 1. The standard InChI is InChI=1S/C82H159N2O15P/c1-8-14-20-26-32-38-41-47-53-59-71(93-62-56-50-44-35-29-23-17-11-4)65-70(7)83-78-80(98-77(87)67-73(61-55-49-43-40-34-28-22-16-10-3)95-64-58-52-46-37-31-25-19-13-6)79(99-100(90,91)92)75(68-85)97-82(78)96-69-74(81(88)89)84-76(86)66-72(60-54-48-42-39-33-27-21-15-9-2)94-63-57-51-45-36-30-24-18-12-5/h71-75,78-80,82-83,85H,7-69H2,1-6H3,(H,84,86)(H,88,89)(H2,90,91,92)/t71-,72-,73-,74+,75?,78+,79-,80?,82-/m1/s1. The normalized spacial score (nSPS) is 17.7. The maximum atomic E-state index is 14.8. The van der Waals surface area contributed by atoms with Gasteiger partial charge in [-0.1, -0.05) is 356 Å². The molecule has 1 fully saturated rings. The third-order valence-corrected chi connectivity index (χ3v) is 20.5. The fourth-order valence-corrected chi connectivity index (χ4v) is 14.4. The molecule has 0 aromatic heterocycles. The van der Waals surface area contributed by atoms with Crippen LogP contribution in [-0.4, -0.2) is 126 Å². The van der Waals surface area contributed by atoms with Crippen molar-refractivity contribution in [2.75, 3.05) is 33.0 Å². The molecular formula is C82H159N2O15P. The Bertz CT molecular complexity index is 1850. The van der Waals surface area contributed by atoms with Gasteiger partial charge in [-0.05, 0) is 38.5 Å². The van der Waals surface area contributed by atoms with Crippen LogP contribution in [0.5, 0.6) is 0 Å². The second-order valence-electron chi connectivity index (χ2n) is 29.7. The highest BCUT2D eigenvalue weighted by Crippen LogP contribution is 2.43. The van der Waals surface area contributed by atoms with Gasteiger partial charge in [0.05, 0.1) is 44.4 Å². The summed E-state index contributed by atoms with van der Waals surface area (Å²) in [5, 5.41) is 27.9. The number of phosphoric ester groups is 1. The van der Waals surface area contributed by atoms with Gasteiger partial charge in [-0.2, -0.15) is 0 Å². The van der Waals surface area contributed by atoms with Crippen LogP contribution in [0.15, 0.2) is 12.3 Å². The van der Waals surface area contributed by atoms with Crippen LogP contribution in [-0.2, 0) is 51.9 Å². The van der Waals surface area contributed by atoms with Crippen LogP contribution in [0, 0.1) is 0 Å². The molecule has 1 amide bonds. The minimum Gasteiger partial charge on any atom is -0.480 e. The predicted molar refractivity (Wildman–Crippen MR) is 411 cm³/mol. The number of carboxylic acid groups (broad SMARTS) is 1. The quantitative estimate of drug-likeness (QED) is 0.0189. The van der Waals surface area contributed by atoms with E-state index in [0.717, 1.165) is 128 Å². The van der Waals surface area contributed by atoms with Gasteiger partial charge in [0.15, 0.2) is 18.4 Å². The smallest absolute Gasteiger partial charge is 0.470 e. The topological polar surface area (TPSA) is 238 Å². The first-order chi connectivity index (χ1) is 48.7. The number of carbonyl (C=O) groups excluding carboxylic acids is 2. The Balaban J connectivity index is 3.73. The molecule has 0 aromatic rings. The van der Waals surface area contributed by atoms with Crippen LogP contribution in [0.25, 0.3) is 0 Å². The summed E-state index contributed by atoms with van der Waals surface area (Å²) in [4.78, 5) is 63.1. The highest BCUT2D eigenvalue weighted by molar-refractivity contribution is 7.46. The summed E-state index contributed by atoms with van der Waals surface area (Å²) in [6.45, 7) is 17.9. The Kier molecular flexibility index (Phi) is 65.8. The van der Waals surface area contributed by atoms with Gasteiger partial charge in [-0.25, -0.2) is 9.36 Å². The first-order valence-electron chi connectivity index (χ1n) is 42.3. The van der Waals surface area contributed by atoms with E-state index in [1.54, 1.807) is 0 Å². The van der Waals surface area contributed by atoms with Gasteiger partial charge in [-0.15, -0.1) is 0 Å². The van der Waals surface area contributed by atoms with Crippen molar-refractivity contribution < 1.29 is 71.9 Å². The first kappa shape index (κ1) is 95.8. The predicted octanol–water partition coefficient (Wildman–Crippen LogP) is 21.7. The summed E-state index contributed by atoms with van der Waals surface area (Å²) in [5.41, 5.74) is 0.433. The van der Waals surface area contributed by atoms with Crippen molar-refractivity contribution in [1.82, 2.24) is 10.6 Å². The van der Waals surface area contributed by atoms with Crippen molar-refractivity contribution in [2.45, 2.75) is 463 Å². The molecule has 0 saturated carbocycles. The number of amides is 1. The Morgan fingerprint density at radius 1 is 0.440 bits per heavy atom. The Morgan fingerprint density at radius 3 is 1.07 bits per heavy atom. The zero-order chi connectivity index (χ0) is 73.2. The number of hydrogen-bond acceptors (Lipinski definition) is 13. The number of aliphatic carboxylic acids is 1. The molecule has 1 aliphatic heterocycles. The van der Waals surface area contributed by atoms with Crippen LogP contribution in [0.4, 0.5) is 0 Å². The molecule has 9 atom stereocenters. The maximum Gasteiger partial charge on any atom is 0.470 e. The minimum absolute atomic E-state index is 0.0436. The van der Waals surface area contributed by atoms with E-state index in [2.05, 4.69) is 58.8 Å². The third-order valence-electron chi connectivity index (χ3n) is 20.0. The monoisotopic (exact) mass is 1440 g/mol. The van der Waals surface area contributed by atoms with E-state index in [0.29, 0.717) is 44.8 Å². The third kappa shape index (κ3) is 56.2. The zero-order valence-corrected chi connectivity index (χ0v) is 66.4. The van der Waals surface area contributed by atoms with E-state index in [-0.39, 0.29) is 18.9 Å². The molecule has 0 aliphatic carbocycles. The summed E-state index contributed by atoms with van der Waals surface area (Å²) < 4.78 is 57.3. The number of rotatable bonds is 77. The number of hydrogen-bond donors (Lipinski definition) is 6. The molecule has 100 heavy (non-hydrogen) atoms. The van der Waals surface area contributed by atoms with Crippen molar-refractivity contribution in [3.63, 3.8) is 0 Å². The van der Waals surface area contributed by atoms with Crippen LogP contribution in [0.3, 0.4) is 0 Å². The molecule has 17 nitrogen and oxygen atoms in total. The molecule has 18 heteroatoms. The van der Waals surface area contributed by atoms with Gasteiger partial charge in [0, 0.05) is 31.9 Å². The van der Waals surface area contributed by atoms with Gasteiger partial charge >= 0.3 is 19.8 Å². The summed E-state index contributed by atoms with van der Waals surface area (Å²) in [6, 6.07) is -2.91. The molecule has 0 bridgehead atoms. The molecule has 1 heterocycles. The largest absolute Gasteiger partial charge is 0.480 e. The molecule has 1 aliphatic rings. The fraction of sp³-hybridized carbons (Fsp3) is 0.939. The number of ether oxygens (including phenoxy) is 6. The number of esters is 1. The molecular weight excluding hydrogens is 1280 g/mol. The molecule has 0 aromatic carbocycles. The van der Waals surface area contributed by atoms with Crippen molar-refractivity contribution >= 4 is 25.7 Å². The molecule has 1 rings (SSSR count). The molecule has 6 N–H and O–H groups in total. The fourth-order valence-electron chi connectivity index (χ4n) is 13.8. The van der Waals surface area contributed by atoms with Gasteiger partial charge in [0.25, 0.3) is 0 Å². The second kappa shape index (κ2) is 68.6. The van der Waals surface area contributed by atoms with E-state index in [1.165, 1.54) is 205 Å². The Hall–Kier alpha value is -2.18. The van der Waals surface area contributed by atoms with Crippen molar-refractivity contribution in [3.05, 3.63) is 12.3 Å². The Labute approximate surface area is 613 Å². The summed E-state index contributed by atoms with van der Waals surface area (Å²) in [5.74, 6) is -2.59. The number of nitrogens with one attached hydrogen (secondary N) is 2. The van der Waals surface area contributed by atoms with Crippen LogP contribution in [0.1, 0.15) is 408 Å². The highest BCUT2D eigenvalue weighted by Gasteiger charge is 2.52. The molecule has 0 radical (unpaired) electrons. The van der Waals surface area contributed by atoms with E-state index < -0.39 is 87.8 Å². The first-order valence-corrected chi connectivity index (χ1v) is 43.8. The van der Waals surface area contributed by atoms with Crippen molar-refractivity contribution in [3.8, 4) is 0 Å².